The molecular formula is C48H46Cl4N8O8. The van der Waals surface area contributed by atoms with Crippen molar-refractivity contribution in [2.45, 2.75) is 52.6 Å². The van der Waals surface area contributed by atoms with Crippen LogP contribution in [0, 0.1) is 0 Å². The van der Waals surface area contributed by atoms with E-state index in [0.717, 1.165) is 25.0 Å². The number of ether oxygens (including phenoxy) is 2. The second kappa shape index (κ2) is 25.4. The van der Waals surface area contributed by atoms with E-state index in [0.29, 0.717) is 36.0 Å². The first-order valence-electron chi connectivity index (χ1n) is 21.0. The lowest BCUT2D eigenvalue weighted by molar-refractivity contribution is -0.127. The number of azo groups is 2. The molecule has 4 N–H and O–H groups in total. The number of carbonyl (C=O) groups excluding carboxylic acids is 6. The lowest BCUT2D eigenvalue weighted by Crippen LogP contribution is -2.32. The molecule has 0 aromatic heterocycles. The Labute approximate surface area is 412 Å². The Balaban J connectivity index is 1.34. The highest BCUT2D eigenvalue weighted by Gasteiger charge is 2.28. The minimum Gasteiger partial charge on any atom is -0.491 e. The molecule has 354 valence electrons. The van der Waals surface area contributed by atoms with Crippen LogP contribution in [0.25, 0.3) is 0 Å². The fraction of sp³-hybridized carbons (Fsp3) is 0.250. The maximum Gasteiger partial charge on any atom is 0.259 e. The Morgan fingerprint density at radius 3 is 1.37 bits per heavy atom. The number of ketones is 2. The average molecular weight is 1000 g/mol. The Bertz CT molecular complexity index is 2730. The van der Waals surface area contributed by atoms with Crippen LogP contribution in [-0.4, -0.2) is 72.3 Å². The van der Waals surface area contributed by atoms with Gasteiger partial charge in [-0.3, -0.25) is 28.8 Å². The average Bonchev–Trinajstić information content (AvgIpc) is 3.30. The van der Waals surface area contributed by atoms with Crippen LogP contribution in [0.3, 0.4) is 0 Å². The maximum absolute atomic E-state index is 13.8. The van der Waals surface area contributed by atoms with E-state index in [1.54, 1.807) is 38.1 Å². The van der Waals surface area contributed by atoms with Crippen LogP contribution in [0.15, 0.2) is 118 Å². The molecule has 4 amide bonds. The van der Waals surface area contributed by atoms with Crippen molar-refractivity contribution in [2.24, 2.45) is 20.5 Å². The van der Waals surface area contributed by atoms with Crippen molar-refractivity contribution in [3.63, 3.8) is 0 Å². The number of anilines is 4. The number of amides is 4. The standard InChI is InChI=1S/C48H46Cl4N8O8/c1-5-67-40-25-33(53-47(65)42(27(3)61)59-57-31-15-17-36(51)34(23-31)45(63)54-38-13-9-7-11-29(38)19-21-49)26-41(68-6-2)44(40)56-48(66)43(28(4)62)60-58-32-16-18-37(52)35(24-32)46(64)55-39-14-10-8-12-30(39)20-22-50/h7-18,23-26,42-43H,5-6,19-22H2,1-4H3,(H,53,65)(H,54,63)(H,55,64)(H,56,66). The number of nitrogens with zero attached hydrogens (tertiary/aromatic N) is 4. The summed E-state index contributed by atoms with van der Waals surface area (Å²) in [5.41, 5.74) is 3.27. The number of carbonyl (C=O) groups is 6. The van der Waals surface area contributed by atoms with Gasteiger partial charge in [0.1, 0.15) is 17.2 Å². The molecule has 0 heterocycles. The Hall–Kier alpha value is -6.72. The summed E-state index contributed by atoms with van der Waals surface area (Å²) >= 11 is 24.6. The van der Waals surface area contributed by atoms with Gasteiger partial charge in [-0.1, -0.05) is 59.6 Å². The van der Waals surface area contributed by atoms with E-state index in [1.165, 1.54) is 48.5 Å². The third-order valence-electron chi connectivity index (χ3n) is 9.67. The van der Waals surface area contributed by atoms with E-state index >= 15 is 0 Å². The summed E-state index contributed by atoms with van der Waals surface area (Å²) in [6.45, 7) is 5.87. The fourth-order valence-electron chi connectivity index (χ4n) is 6.41. The third kappa shape index (κ3) is 14.2. The number of para-hydroxylation sites is 2. The minimum absolute atomic E-state index is 0.00553. The number of Topliss-reactive ketones (excluding diaryl/α,β-unsaturated/α-hetero) is 2. The normalized spacial score (nSPS) is 12.0. The zero-order valence-electron chi connectivity index (χ0n) is 37.2. The van der Waals surface area contributed by atoms with Crippen LogP contribution < -0.4 is 30.7 Å². The summed E-state index contributed by atoms with van der Waals surface area (Å²) in [6, 6.07) is 22.4. The molecule has 0 radical (unpaired) electrons. The van der Waals surface area contributed by atoms with E-state index in [-0.39, 0.29) is 68.6 Å². The van der Waals surface area contributed by atoms with E-state index in [9.17, 15) is 28.8 Å². The van der Waals surface area contributed by atoms with Crippen molar-refractivity contribution < 1.29 is 38.2 Å². The molecule has 16 nitrogen and oxygen atoms in total. The SMILES string of the molecule is CCOc1cc(NC(=O)C(N=Nc2ccc(Cl)c(C(=O)Nc3ccccc3CCCl)c2)C(C)=O)cc(OCC)c1NC(=O)C(N=Nc1ccc(Cl)c(C(=O)Nc2ccccc2CCCl)c1)C(C)=O. The van der Waals surface area contributed by atoms with E-state index < -0.39 is 47.3 Å². The van der Waals surface area contributed by atoms with Gasteiger partial charge in [-0.25, -0.2) is 0 Å². The molecule has 0 saturated carbocycles. The molecule has 0 aliphatic heterocycles. The summed E-state index contributed by atoms with van der Waals surface area (Å²) in [6.07, 6.45) is 1.05. The quantitative estimate of drug-likeness (QED) is 0.0296. The summed E-state index contributed by atoms with van der Waals surface area (Å²) in [4.78, 5) is 79.6. The van der Waals surface area contributed by atoms with Gasteiger partial charge < -0.3 is 30.7 Å². The molecule has 0 fully saturated rings. The first-order chi connectivity index (χ1) is 32.7. The second-order valence-corrected chi connectivity index (χ2v) is 16.1. The van der Waals surface area contributed by atoms with E-state index in [4.69, 9.17) is 55.9 Å². The van der Waals surface area contributed by atoms with E-state index in [1.807, 2.05) is 24.3 Å². The van der Waals surface area contributed by atoms with Crippen molar-refractivity contribution in [3.05, 3.63) is 129 Å². The van der Waals surface area contributed by atoms with Gasteiger partial charge in [0.25, 0.3) is 23.6 Å². The van der Waals surface area contributed by atoms with Gasteiger partial charge in [0.05, 0.1) is 45.8 Å². The molecule has 2 unspecified atom stereocenters. The fourth-order valence-corrected chi connectivity index (χ4v) is 7.23. The Morgan fingerprint density at radius 2 is 0.971 bits per heavy atom. The highest BCUT2D eigenvalue weighted by molar-refractivity contribution is 6.35. The zero-order chi connectivity index (χ0) is 49.3. The summed E-state index contributed by atoms with van der Waals surface area (Å²) in [5.74, 6) is -3.39. The first kappa shape index (κ1) is 52.3. The van der Waals surface area contributed by atoms with Gasteiger partial charge in [0.15, 0.2) is 11.6 Å². The summed E-state index contributed by atoms with van der Waals surface area (Å²) in [5, 5.41) is 27.4. The van der Waals surface area contributed by atoms with Crippen LogP contribution in [0.5, 0.6) is 11.5 Å². The molecule has 2 atom stereocenters. The molecule has 0 aliphatic carbocycles. The number of halogens is 4. The topological polar surface area (TPSA) is 218 Å². The van der Waals surface area contributed by atoms with Crippen molar-refractivity contribution >= 4 is 116 Å². The van der Waals surface area contributed by atoms with E-state index in [2.05, 4.69) is 41.7 Å². The molecule has 5 aromatic rings. The predicted molar refractivity (Wildman–Crippen MR) is 265 cm³/mol. The van der Waals surface area contributed by atoms with Crippen LogP contribution in [0.2, 0.25) is 10.0 Å². The number of hydrogen-bond acceptors (Lipinski definition) is 12. The Kier molecular flexibility index (Phi) is 19.5. The highest BCUT2D eigenvalue weighted by atomic mass is 35.5. The first-order valence-corrected chi connectivity index (χ1v) is 22.9. The molecular weight excluding hydrogens is 958 g/mol. The summed E-state index contributed by atoms with van der Waals surface area (Å²) < 4.78 is 11.7. The number of hydrogen-bond donors (Lipinski definition) is 4. The molecule has 5 aromatic carbocycles. The van der Waals surface area contributed by atoms with Gasteiger partial charge in [-0.15, -0.1) is 23.2 Å². The molecule has 20 heteroatoms. The van der Waals surface area contributed by atoms with Crippen LogP contribution in [-0.2, 0) is 32.0 Å². The van der Waals surface area contributed by atoms with Gasteiger partial charge >= 0.3 is 0 Å². The largest absolute Gasteiger partial charge is 0.491 e. The minimum atomic E-state index is -1.67. The molecule has 5 rings (SSSR count). The van der Waals surface area contributed by atoms with Gasteiger partial charge in [0.2, 0.25) is 12.1 Å². The summed E-state index contributed by atoms with van der Waals surface area (Å²) in [7, 11) is 0. The van der Waals surface area contributed by atoms with Crippen molar-refractivity contribution in [1.82, 2.24) is 0 Å². The number of benzene rings is 5. The van der Waals surface area contributed by atoms with Crippen LogP contribution in [0.1, 0.15) is 59.5 Å². The van der Waals surface area contributed by atoms with Gasteiger partial charge in [-0.05, 0) is 100 Å². The Morgan fingerprint density at radius 1 is 0.559 bits per heavy atom. The number of rotatable bonds is 22. The molecule has 0 aliphatic rings. The number of aryl methyl sites for hydroxylation is 2. The van der Waals surface area contributed by atoms with Gasteiger partial charge in [-0.2, -0.15) is 20.5 Å². The smallest absolute Gasteiger partial charge is 0.259 e. The van der Waals surface area contributed by atoms with Crippen molar-refractivity contribution in [3.8, 4) is 11.5 Å². The number of alkyl halides is 2. The predicted octanol–water partition coefficient (Wildman–Crippen LogP) is 11.2. The highest BCUT2D eigenvalue weighted by Crippen LogP contribution is 2.39. The lowest BCUT2D eigenvalue weighted by Gasteiger charge is -2.19. The molecule has 0 spiro atoms. The van der Waals surface area contributed by atoms with Crippen LogP contribution in [0.4, 0.5) is 34.1 Å². The lowest BCUT2D eigenvalue weighted by atomic mass is 10.1. The van der Waals surface area contributed by atoms with Crippen molar-refractivity contribution in [1.29, 1.82) is 0 Å². The molecule has 68 heavy (non-hydrogen) atoms. The monoisotopic (exact) mass is 1000 g/mol. The number of nitrogens with one attached hydrogen (secondary N) is 4. The van der Waals surface area contributed by atoms with Gasteiger partial charge in [0, 0.05) is 41.0 Å². The maximum atomic E-state index is 13.8. The third-order valence-corrected chi connectivity index (χ3v) is 10.7. The second-order valence-electron chi connectivity index (χ2n) is 14.6. The van der Waals surface area contributed by atoms with Crippen molar-refractivity contribution in [2.75, 3.05) is 46.2 Å². The zero-order valence-corrected chi connectivity index (χ0v) is 40.2. The molecule has 0 saturated heterocycles. The van der Waals surface area contributed by atoms with Crippen LogP contribution >= 0.6 is 46.4 Å². The molecule has 0 bridgehead atoms.